The number of nitrogen functional groups attached to an aromatic ring is 1. The van der Waals surface area contributed by atoms with Crippen molar-refractivity contribution in [2.24, 2.45) is 5.92 Å². The molecule has 70 valence electrons. The molecule has 0 aromatic carbocycles. The van der Waals surface area contributed by atoms with E-state index in [1.165, 1.54) is 25.7 Å². The van der Waals surface area contributed by atoms with Gasteiger partial charge in [0, 0.05) is 11.8 Å². The van der Waals surface area contributed by atoms with Gasteiger partial charge in [0.1, 0.15) is 12.1 Å². The Morgan fingerprint density at radius 3 is 2.77 bits per heavy atom. The van der Waals surface area contributed by atoms with Gasteiger partial charge in [0.05, 0.1) is 0 Å². The first kappa shape index (κ1) is 8.48. The summed E-state index contributed by atoms with van der Waals surface area (Å²) in [7, 11) is 0. The Morgan fingerprint density at radius 2 is 2.08 bits per heavy atom. The van der Waals surface area contributed by atoms with Crippen LogP contribution in [0.1, 0.15) is 31.4 Å². The molecule has 3 heteroatoms. The van der Waals surface area contributed by atoms with E-state index in [1.54, 1.807) is 6.33 Å². The Morgan fingerprint density at radius 1 is 1.31 bits per heavy atom. The van der Waals surface area contributed by atoms with Gasteiger partial charge in [-0.15, -0.1) is 0 Å². The lowest BCUT2D eigenvalue weighted by Crippen LogP contribution is -2.02. The van der Waals surface area contributed by atoms with Gasteiger partial charge >= 0.3 is 0 Å². The van der Waals surface area contributed by atoms with E-state index in [1.807, 2.05) is 6.07 Å². The summed E-state index contributed by atoms with van der Waals surface area (Å²) in [6, 6.07) is 1.89. The lowest BCUT2D eigenvalue weighted by Gasteiger charge is -2.07. The molecule has 0 spiro atoms. The summed E-state index contributed by atoms with van der Waals surface area (Å²) < 4.78 is 0. The third kappa shape index (κ3) is 2.17. The van der Waals surface area contributed by atoms with E-state index in [0.29, 0.717) is 5.82 Å². The van der Waals surface area contributed by atoms with Gasteiger partial charge in [-0.1, -0.05) is 25.7 Å². The first-order chi connectivity index (χ1) is 6.34. The Labute approximate surface area is 78.4 Å². The first-order valence-corrected chi connectivity index (χ1v) is 4.91. The molecule has 0 radical (unpaired) electrons. The average molecular weight is 177 g/mol. The van der Waals surface area contributed by atoms with Crippen LogP contribution in [0.2, 0.25) is 0 Å². The number of nitrogens with two attached hydrogens (primary N) is 1. The zero-order valence-electron chi connectivity index (χ0n) is 7.74. The van der Waals surface area contributed by atoms with Crippen LogP contribution < -0.4 is 5.73 Å². The summed E-state index contributed by atoms with van der Waals surface area (Å²) in [5, 5.41) is 0. The smallest absolute Gasteiger partial charge is 0.126 e. The van der Waals surface area contributed by atoms with Gasteiger partial charge in [0.25, 0.3) is 0 Å². The highest BCUT2D eigenvalue weighted by Gasteiger charge is 2.15. The molecule has 0 saturated heterocycles. The quantitative estimate of drug-likeness (QED) is 0.749. The van der Waals surface area contributed by atoms with Crippen LogP contribution in [-0.2, 0) is 6.42 Å². The molecule has 0 aliphatic heterocycles. The molecular formula is C10H15N3. The van der Waals surface area contributed by atoms with Crippen molar-refractivity contribution in [2.75, 3.05) is 5.73 Å². The summed E-state index contributed by atoms with van der Waals surface area (Å²) in [5.41, 5.74) is 6.68. The fraction of sp³-hybridized carbons (Fsp3) is 0.600. The van der Waals surface area contributed by atoms with E-state index < -0.39 is 0 Å². The van der Waals surface area contributed by atoms with Crippen molar-refractivity contribution in [3.05, 3.63) is 18.1 Å². The normalized spacial score (nSPS) is 17.8. The summed E-state index contributed by atoms with van der Waals surface area (Å²) >= 11 is 0. The molecule has 1 heterocycles. The molecule has 2 rings (SSSR count). The molecule has 1 aromatic heterocycles. The number of hydrogen-bond acceptors (Lipinski definition) is 3. The van der Waals surface area contributed by atoms with Crippen LogP contribution in [0, 0.1) is 5.92 Å². The van der Waals surface area contributed by atoms with Crippen LogP contribution in [-0.4, -0.2) is 9.97 Å². The lowest BCUT2D eigenvalue weighted by molar-refractivity contribution is 0.538. The molecule has 0 amide bonds. The van der Waals surface area contributed by atoms with Gasteiger partial charge in [0.15, 0.2) is 0 Å². The molecular weight excluding hydrogens is 162 g/mol. The molecule has 0 atom stereocenters. The second-order valence-electron chi connectivity index (χ2n) is 3.79. The standard InChI is InChI=1S/C10H15N3/c11-10-6-9(12-7-13-10)5-8-3-1-2-4-8/h6-8H,1-5H2,(H2,11,12,13). The highest BCUT2D eigenvalue weighted by molar-refractivity contribution is 5.27. The van der Waals surface area contributed by atoms with Gasteiger partial charge in [-0.05, 0) is 12.3 Å². The third-order valence-corrected chi connectivity index (χ3v) is 2.72. The van der Waals surface area contributed by atoms with Gasteiger partial charge in [0.2, 0.25) is 0 Å². The van der Waals surface area contributed by atoms with Crippen molar-refractivity contribution in [1.29, 1.82) is 0 Å². The molecule has 0 bridgehead atoms. The fourth-order valence-electron chi connectivity index (χ4n) is 2.04. The van der Waals surface area contributed by atoms with Crippen molar-refractivity contribution in [1.82, 2.24) is 9.97 Å². The molecule has 1 aromatic rings. The minimum absolute atomic E-state index is 0.586. The van der Waals surface area contributed by atoms with Crippen LogP contribution in [0.25, 0.3) is 0 Å². The summed E-state index contributed by atoms with van der Waals surface area (Å²) in [4.78, 5) is 8.09. The highest BCUT2D eigenvalue weighted by atomic mass is 14.9. The van der Waals surface area contributed by atoms with Crippen molar-refractivity contribution < 1.29 is 0 Å². The monoisotopic (exact) mass is 177 g/mol. The largest absolute Gasteiger partial charge is 0.384 e. The fourth-order valence-corrected chi connectivity index (χ4v) is 2.04. The first-order valence-electron chi connectivity index (χ1n) is 4.91. The van der Waals surface area contributed by atoms with Gasteiger partial charge < -0.3 is 5.73 Å². The van der Waals surface area contributed by atoms with E-state index >= 15 is 0 Å². The van der Waals surface area contributed by atoms with E-state index in [-0.39, 0.29) is 0 Å². The second-order valence-corrected chi connectivity index (χ2v) is 3.79. The predicted octanol–water partition coefficient (Wildman–Crippen LogP) is 1.79. The Balaban J connectivity index is 2.00. The van der Waals surface area contributed by atoms with Gasteiger partial charge in [-0.3, -0.25) is 0 Å². The van der Waals surface area contributed by atoms with Crippen LogP contribution in [0.4, 0.5) is 5.82 Å². The maximum Gasteiger partial charge on any atom is 0.126 e. The minimum atomic E-state index is 0.586. The third-order valence-electron chi connectivity index (χ3n) is 2.72. The molecule has 1 aliphatic rings. The molecule has 1 saturated carbocycles. The second kappa shape index (κ2) is 3.73. The topological polar surface area (TPSA) is 51.8 Å². The van der Waals surface area contributed by atoms with Crippen LogP contribution in [0.15, 0.2) is 12.4 Å². The molecule has 0 unspecified atom stereocenters. The number of anilines is 1. The van der Waals surface area contributed by atoms with Crippen molar-refractivity contribution in [3.8, 4) is 0 Å². The van der Waals surface area contributed by atoms with E-state index in [0.717, 1.165) is 18.0 Å². The minimum Gasteiger partial charge on any atom is -0.384 e. The Bertz CT molecular complexity index is 279. The van der Waals surface area contributed by atoms with E-state index in [9.17, 15) is 0 Å². The maximum atomic E-state index is 5.58. The molecule has 1 fully saturated rings. The SMILES string of the molecule is Nc1cc(CC2CCCC2)ncn1. The predicted molar refractivity (Wildman–Crippen MR) is 52.1 cm³/mol. The highest BCUT2D eigenvalue weighted by Crippen LogP contribution is 2.27. The maximum absolute atomic E-state index is 5.58. The van der Waals surface area contributed by atoms with E-state index in [4.69, 9.17) is 5.73 Å². The van der Waals surface area contributed by atoms with Crippen LogP contribution in [0.3, 0.4) is 0 Å². The summed E-state index contributed by atoms with van der Waals surface area (Å²) in [6.45, 7) is 0. The van der Waals surface area contributed by atoms with Crippen LogP contribution in [0.5, 0.6) is 0 Å². The molecule has 2 N–H and O–H groups in total. The molecule has 1 aliphatic carbocycles. The number of rotatable bonds is 2. The summed E-state index contributed by atoms with van der Waals surface area (Å²) in [6.07, 6.45) is 8.09. The lowest BCUT2D eigenvalue weighted by atomic mass is 10.0. The van der Waals surface area contributed by atoms with Gasteiger partial charge in [-0.2, -0.15) is 0 Å². The number of hydrogen-bond donors (Lipinski definition) is 1. The van der Waals surface area contributed by atoms with Crippen molar-refractivity contribution in [2.45, 2.75) is 32.1 Å². The van der Waals surface area contributed by atoms with Crippen LogP contribution >= 0.6 is 0 Å². The molecule has 13 heavy (non-hydrogen) atoms. The Hall–Kier alpha value is -1.12. The number of aromatic nitrogens is 2. The molecule has 3 nitrogen and oxygen atoms in total. The van der Waals surface area contributed by atoms with Gasteiger partial charge in [-0.25, -0.2) is 9.97 Å². The zero-order chi connectivity index (χ0) is 9.10. The average Bonchev–Trinajstić information content (AvgIpc) is 2.57. The van der Waals surface area contributed by atoms with Crippen molar-refractivity contribution in [3.63, 3.8) is 0 Å². The Kier molecular flexibility index (Phi) is 2.43. The summed E-state index contributed by atoms with van der Waals surface area (Å²) in [5.74, 6) is 1.41. The van der Waals surface area contributed by atoms with Crippen molar-refractivity contribution >= 4 is 5.82 Å². The zero-order valence-corrected chi connectivity index (χ0v) is 7.74. The number of nitrogens with zero attached hydrogens (tertiary/aromatic N) is 2. The van der Waals surface area contributed by atoms with E-state index in [2.05, 4.69) is 9.97 Å².